The summed E-state index contributed by atoms with van der Waals surface area (Å²) in [4.78, 5) is 6.37. The molecule has 2 aliphatic rings. The van der Waals surface area contributed by atoms with Gasteiger partial charge in [0.1, 0.15) is 11.4 Å². The second-order valence-electron chi connectivity index (χ2n) is 10.9. The van der Waals surface area contributed by atoms with Crippen LogP contribution in [0.15, 0.2) is 79.0 Å². The molecule has 0 aliphatic carbocycles. The summed E-state index contributed by atoms with van der Waals surface area (Å²) in [6.45, 7) is 1.61. The number of fused-ring (bicyclic) bond motifs is 1. The Morgan fingerprint density at radius 3 is 2.22 bits per heavy atom. The van der Waals surface area contributed by atoms with E-state index < -0.39 is 9.84 Å². The van der Waals surface area contributed by atoms with Crippen molar-refractivity contribution in [1.82, 2.24) is 4.98 Å². The van der Waals surface area contributed by atoms with Gasteiger partial charge in [-0.3, -0.25) is 4.98 Å². The molecule has 3 heterocycles. The lowest BCUT2D eigenvalue weighted by Gasteiger charge is -2.45. The first-order valence-electron chi connectivity index (χ1n) is 13.6. The Bertz CT molecular complexity index is 1650. The van der Waals surface area contributed by atoms with Crippen LogP contribution in [0.3, 0.4) is 0 Å². The van der Waals surface area contributed by atoms with Crippen LogP contribution in [-0.2, 0) is 27.8 Å². The molecule has 0 saturated carbocycles. The highest BCUT2D eigenvalue weighted by Crippen LogP contribution is 2.44. The van der Waals surface area contributed by atoms with Crippen molar-refractivity contribution in [2.24, 2.45) is 0 Å². The monoisotopic (exact) mass is 626 g/mol. The van der Waals surface area contributed by atoms with Gasteiger partial charge in [-0.15, -0.1) is 0 Å². The minimum Gasteiger partial charge on any atom is -0.487 e. The number of hydrogen-bond acceptors (Lipinski definition) is 5. The first kappa shape index (κ1) is 28.4. The number of nitrogens with zero attached hydrogens (tertiary/aromatic N) is 2. The Kier molecular flexibility index (Phi) is 7.94. The molecule has 0 unspecified atom stereocenters. The van der Waals surface area contributed by atoms with E-state index in [1.807, 2.05) is 24.3 Å². The number of ether oxygens (including phenoxy) is 1. The van der Waals surface area contributed by atoms with Crippen LogP contribution in [0.1, 0.15) is 36.1 Å². The first-order chi connectivity index (χ1) is 19.7. The molecule has 0 N–H and O–H groups in total. The number of aromatic nitrogens is 1. The minimum atomic E-state index is -3.32. The zero-order valence-corrected chi connectivity index (χ0v) is 25.4. The van der Waals surface area contributed by atoms with Crippen molar-refractivity contribution in [3.05, 3.63) is 111 Å². The average molecular weight is 628 g/mol. The SMILES string of the molecule is O=S(=O)(Cc1ccc(-c2ccc3c(c2)CCC2(CCN(c4c(Cl)cc(Cl)cc4Cl)CC2)O3)cc1)Cc1ccccn1. The maximum Gasteiger partial charge on any atom is 0.160 e. The van der Waals surface area contributed by atoms with Gasteiger partial charge in [-0.05, 0) is 71.5 Å². The zero-order valence-electron chi connectivity index (χ0n) is 22.3. The van der Waals surface area contributed by atoms with Crippen LogP contribution in [-0.4, -0.2) is 32.1 Å². The number of benzene rings is 3. The summed E-state index contributed by atoms with van der Waals surface area (Å²) in [6.07, 6.45) is 5.27. The Morgan fingerprint density at radius 1 is 0.829 bits per heavy atom. The second-order valence-corrected chi connectivity index (χ2v) is 14.2. The molecule has 0 amide bonds. The van der Waals surface area contributed by atoms with Gasteiger partial charge in [-0.2, -0.15) is 0 Å². The van der Waals surface area contributed by atoms with Crippen molar-refractivity contribution in [1.29, 1.82) is 0 Å². The molecule has 0 bridgehead atoms. The number of halogens is 3. The standard InChI is InChI=1S/C32H29Cl3N2O3S/c33-26-18-28(34)31(29(35)19-26)37-15-12-32(13-16-37)11-10-25-17-24(8-9-30(25)40-32)23-6-4-22(5-7-23)20-41(38,39)21-27-3-1-2-14-36-27/h1-9,14,17-19H,10-13,15-16,20-21H2. The number of aryl methyl sites for hydroxylation is 1. The zero-order chi connectivity index (χ0) is 28.6. The summed E-state index contributed by atoms with van der Waals surface area (Å²) in [5, 5.41) is 1.67. The van der Waals surface area contributed by atoms with Crippen LogP contribution < -0.4 is 9.64 Å². The number of sulfone groups is 1. The van der Waals surface area contributed by atoms with Crippen molar-refractivity contribution in [3.63, 3.8) is 0 Å². The third-order valence-corrected chi connectivity index (χ3v) is 10.3. The van der Waals surface area contributed by atoms with E-state index in [2.05, 4.69) is 28.1 Å². The molecule has 1 saturated heterocycles. The number of hydrogen-bond donors (Lipinski definition) is 0. The van der Waals surface area contributed by atoms with Crippen LogP contribution >= 0.6 is 34.8 Å². The Labute approximate surface area is 256 Å². The fourth-order valence-electron chi connectivity index (χ4n) is 5.83. The van der Waals surface area contributed by atoms with E-state index in [4.69, 9.17) is 39.5 Å². The van der Waals surface area contributed by atoms with E-state index in [-0.39, 0.29) is 17.1 Å². The van der Waals surface area contributed by atoms with Gasteiger partial charge >= 0.3 is 0 Å². The topological polar surface area (TPSA) is 59.5 Å². The van der Waals surface area contributed by atoms with E-state index in [1.54, 1.807) is 36.5 Å². The fraction of sp³-hybridized carbons (Fsp3) is 0.281. The van der Waals surface area contributed by atoms with Gasteiger partial charge in [0.05, 0.1) is 32.9 Å². The van der Waals surface area contributed by atoms with Crippen molar-refractivity contribution < 1.29 is 13.2 Å². The van der Waals surface area contributed by atoms with Crippen molar-refractivity contribution in [2.75, 3.05) is 18.0 Å². The molecule has 2 aliphatic heterocycles. The maximum atomic E-state index is 12.7. The molecule has 41 heavy (non-hydrogen) atoms. The van der Waals surface area contributed by atoms with Gasteiger partial charge < -0.3 is 9.64 Å². The van der Waals surface area contributed by atoms with Gasteiger partial charge in [-0.25, -0.2) is 8.42 Å². The molecule has 0 atom stereocenters. The van der Waals surface area contributed by atoms with Crippen LogP contribution in [0.2, 0.25) is 15.1 Å². The Morgan fingerprint density at radius 2 is 1.54 bits per heavy atom. The molecular weight excluding hydrogens is 599 g/mol. The minimum absolute atomic E-state index is 0.0160. The molecule has 1 aromatic heterocycles. The van der Waals surface area contributed by atoms with Crippen LogP contribution in [0.5, 0.6) is 5.75 Å². The predicted octanol–water partition coefficient (Wildman–Crippen LogP) is 8.19. The van der Waals surface area contributed by atoms with Gasteiger partial charge in [0.25, 0.3) is 0 Å². The lowest BCUT2D eigenvalue weighted by molar-refractivity contribution is 0.0226. The molecule has 1 spiro atoms. The molecule has 9 heteroatoms. The van der Waals surface area contributed by atoms with Gasteiger partial charge in [0, 0.05) is 37.2 Å². The van der Waals surface area contributed by atoms with Crippen molar-refractivity contribution in [2.45, 2.75) is 42.8 Å². The summed E-state index contributed by atoms with van der Waals surface area (Å²) < 4.78 is 32.0. The summed E-state index contributed by atoms with van der Waals surface area (Å²) in [5.74, 6) is 0.855. The molecule has 0 radical (unpaired) electrons. The molecule has 3 aromatic carbocycles. The number of rotatable bonds is 6. The largest absolute Gasteiger partial charge is 0.487 e. The van der Waals surface area contributed by atoms with Crippen LogP contribution in [0, 0.1) is 0 Å². The molecule has 6 rings (SSSR count). The van der Waals surface area contributed by atoms with E-state index in [0.717, 1.165) is 66.9 Å². The van der Waals surface area contributed by atoms with Gasteiger partial charge in [0.15, 0.2) is 9.84 Å². The third kappa shape index (κ3) is 6.36. The molecule has 4 aromatic rings. The smallest absolute Gasteiger partial charge is 0.160 e. The van der Waals surface area contributed by atoms with Gasteiger partial charge in [-0.1, -0.05) is 71.2 Å². The van der Waals surface area contributed by atoms with Crippen molar-refractivity contribution >= 4 is 50.3 Å². The highest BCUT2D eigenvalue weighted by atomic mass is 35.5. The summed E-state index contributed by atoms with van der Waals surface area (Å²) >= 11 is 19.0. The fourth-order valence-corrected chi connectivity index (χ4v) is 8.31. The highest BCUT2D eigenvalue weighted by Gasteiger charge is 2.40. The normalized spacial score (nSPS) is 16.3. The van der Waals surface area contributed by atoms with Crippen LogP contribution in [0.4, 0.5) is 5.69 Å². The lowest BCUT2D eigenvalue weighted by Crippen LogP contribution is -2.50. The van der Waals surface area contributed by atoms with Crippen molar-refractivity contribution in [3.8, 4) is 16.9 Å². The third-order valence-electron chi connectivity index (χ3n) is 7.98. The lowest BCUT2D eigenvalue weighted by atomic mass is 9.82. The van der Waals surface area contributed by atoms with E-state index >= 15 is 0 Å². The molecule has 212 valence electrons. The first-order valence-corrected chi connectivity index (χ1v) is 16.6. The van der Waals surface area contributed by atoms with E-state index in [0.29, 0.717) is 20.8 Å². The quantitative estimate of drug-likeness (QED) is 0.216. The average Bonchev–Trinajstić information content (AvgIpc) is 2.94. The number of anilines is 1. The van der Waals surface area contributed by atoms with Crippen LogP contribution in [0.25, 0.3) is 11.1 Å². The summed E-state index contributed by atoms with van der Waals surface area (Å²) in [6, 6.07) is 22.9. The highest BCUT2D eigenvalue weighted by molar-refractivity contribution is 7.89. The summed E-state index contributed by atoms with van der Waals surface area (Å²) in [5.41, 5.74) is 5.30. The molecule has 5 nitrogen and oxygen atoms in total. The predicted molar refractivity (Wildman–Crippen MR) is 167 cm³/mol. The van der Waals surface area contributed by atoms with E-state index in [9.17, 15) is 8.42 Å². The molecular formula is C32H29Cl3N2O3S. The Hall–Kier alpha value is -2.77. The summed E-state index contributed by atoms with van der Waals surface area (Å²) in [7, 11) is -3.32. The number of piperidine rings is 1. The number of pyridine rings is 1. The van der Waals surface area contributed by atoms with E-state index in [1.165, 1.54) is 5.56 Å². The van der Waals surface area contributed by atoms with Gasteiger partial charge in [0.2, 0.25) is 0 Å². The molecule has 1 fully saturated rings. The second kappa shape index (κ2) is 11.5. The maximum absolute atomic E-state index is 12.7. The Balaban J connectivity index is 1.10.